The highest BCUT2D eigenvalue weighted by Crippen LogP contribution is 2.62. The number of unbranched alkanes of at least 4 members (excludes halogenated alkanes) is 1. The van der Waals surface area contributed by atoms with Gasteiger partial charge in [0.25, 0.3) is 0 Å². The van der Waals surface area contributed by atoms with Crippen LogP contribution in [0, 0.1) is 16.7 Å². The molecule has 2 bridgehead atoms. The molecule has 1 amide bonds. The van der Waals surface area contributed by atoms with E-state index in [4.69, 9.17) is 9.16 Å². The van der Waals surface area contributed by atoms with Crippen LogP contribution in [0.2, 0.25) is 18.1 Å². The molecule has 2 aliphatic heterocycles. The first-order chi connectivity index (χ1) is 14.2. The number of carbonyl (C=O) groups is 3. The van der Waals surface area contributed by atoms with Crippen LogP contribution < -0.4 is 0 Å². The standard InChI is InChI=1S/C24H39NO5Si/c1-16-15-25-19-13-17(16)18(26)14-23(19,5)24(20(25)27,21(28)29-6)11-9-10-12-30-31(7,8)22(2,3)4/h17,19H,1,9-15H2,2-8H3/t17?,19?,23-,24+/m0/s1. The quantitative estimate of drug-likeness (QED) is 0.192. The maximum atomic E-state index is 13.7. The van der Waals surface area contributed by atoms with Crippen molar-refractivity contribution in [2.24, 2.45) is 16.7 Å². The average molecular weight is 450 g/mol. The normalized spacial score (nSPS) is 33.1. The maximum absolute atomic E-state index is 13.7. The summed E-state index contributed by atoms with van der Waals surface area (Å²) < 4.78 is 11.5. The summed E-state index contributed by atoms with van der Waals surface area (Å²) in [7, 11) is -0.501. The fourth-order valence-corrected chi connectivity index (χ4v) is 6.77. The van der Waals surface area contributed by atoms with Gasteiger partial charge in [0.1, 0.15) is 5.78 Å². The van der Waals surface area contributed by atoms with Crippen molar-refractivity contribution in [2.75, 3.05) is 20.3 Å². The lowest BCUT2D eigenvalue weighted by molar-refractivity contribution is -0.167. The molecule has 3 rings (SSSR count). The molecular formula is C24H39NO5Si. The van der Waals surface area contributed by atoms with E-state index in [1.54, 1.807) is 4.90 Å². The molecule has 3 fully saturated rings. The van der Waals surface area contributed by atoms with Crippen molar-refractivity contribution >= 4 is 26.0 Å². The predicted octanol–water partition coefficient (Wildman–Crippen LogP) is 4.10. The zero-order valence-corrected chi connectivity index (χ0v) is 21.3. The zero-order chi connectivity index (χ0) is 23.4. The molecule has 6 nitrogen and oxygen atoms in total. The van der Waals surface area contributed by atoms with E-state index in [9.17, 15) is 14.4 Å². The van der Waals surface area contributed by atoms with Gasteiger partial charge in [-0.3, -0.25) is 14.4 Å². The van der Waals surface area contributed by atoms with Crippen LogP contribution >= 0.6 is 0 Å². The summed E-state index contributed by atoms with van der Waals surface area (Å²) in [6, 6.07) is -0.115. The van der Waals surface area contributed by atoms with E-state index in [0.29, 0.717) is 32.4 Å². The van der Waals surface area contributed by atoms with Crippen LogP contribution in [-0.4, -0.2) is 57.2 Å². The smallest absolute Gasteiger partial charge is 0.322 e. The molecular weight excluding hydrogens is 410 g/mol. The monoisotopic (exact) mass is 449 g/mol. The molecule has 4 atom stereocenters. The second kappa shape index (κ2) is 7.83. The lowest BCUT2D eigenvalue weighted by Gasteiger charge is -2.49. The van der Waals surface area contributed by atoms with Gasteiger partial charge in [-0.25, -0.2) is 0 Å². The molecule has 0 aromatic carbocycles. The van der Waals surface area contributed by atoms with Crippen LogP contribution in [0.4, 0.5) is 0 Å². The van der Waals surface area contributed by atoms with Crippen molar-refractivity contribution in [1.82, 2.24) is 4.90 Å². The lowest BCUT2D eigenvalue weighted by Crippen LogP contribution is -2.56. The highest BCUT2D eigenvalue weighted by Gasteiger charge is 2.73. The summed E-state index contributed by atoms with van der Waals surface area (Å²) in [6.45, 7) is 18.1. The third-order valence-corrected chi connectivity index (χ3v) is 13.3. The Morgan fingerprint density at radius 3 is 2.48 bits per heavy atom. The van der Waals surface area contributed by atoms with Gasteiger partial charge in [-0.1, -0.05) is 34.3 Å². The van der Waals surface area contributed by atoms with Crippen molar-refractivity contribution in [1.29, 1.82) is 0 Å². The van der Waals surface area contributed by atoms with Gasteiger partial charge < -0.3 is 14.1 Å². The predicted molar refractivity (Wildman–Crippen MR) is 122 cm³/mol. The van der Waals surface area contributed by atoms with Crippen LogP contribution in [0.5, 0.6) is 0 Å². The van der Waals surface area contributed by atoms with Crippen LogP contribution in [0.3, 0.4) is 0 Å². The first-order valence-corrected chi connectivity index (χ1v) is 14.4. The summed E-state index contributed by atoms with van der Waals surface area (Å²) in [5.41, 5.74) is -1.26. The van der Waals surface area contributed by atoms with Gasteiger partial charge in [0.2, 0.25) is 5.91 Å². The number of hydrogen-bond acceptors (Lipinski definition) is 5. The number of amides is 1. The Bertz CT molecular complexity index is 800. The first kappa shape index (κ1) is 24.2. The Hall–Kier alpha value is -1.47. The van der Waals surface area contributed by atoms with Gasteiger partial charge in [-0.2, -0.15) is 0 Å². The summed E-state index contributed by atoms with van der Waals surface area (Å²) in [5, 5.41) is 0.138. The summed E-state index contributed by atoms with van der Waals surface area (Å²) in [5.74, 6) is -0.774. The molecule has 0 N–H and O–H groups in total. The van der Waals surface area contributed by atoms with E-state index in [0.717, 1.165) is 12.0 Å². The van der Waals surface area contributed by atoms with E-state index in [-0.39, 0.29) is 35.1 Å². The van der Waals surface area contributed by atoms with E-state index in [1.807, 2.05) is 6.92 Å². The van der Waals surface area contributed by atoms with E-state index in [2.05, 4.69) is 40.4 Å². The van der Waals surface area contributed by atoms with Gasteiger partial charge in [0, 0.05) is 36.9 Å². The molecule has 174 valence electrons. The molecule has 0 aromatic rings. The van der Waals surface area contributed by atoms with Gasteiger partial charge in [0.15, 0.2) is 13.7 Å². The highest BCUT2D eigenvalue weighted by molar-refractivity contribution is 6.74. The van der Waals surface area contributed by atoms with E-state index >= 15 is 0 Å². The van der Waals surface area contributed by atoms with Crippen molar-refractivity contribution in [2.45, 2.75) is 84.0 Å². The number of carbonyl (C=O) groups excluding carboxylic acids is 3. The Labute approximate surface area is 187 Å². The second-order valence-electron chi connectivity index (χ2n) is 11.4. The minimum atomic E-state index is -1.84. The van der Waals surface area contributed by atoms with Crippen LogP contribution in [0.1, 0.15) is 59.8 Å². The molecule has 0 radical (unpaired) electrons. The minimum absolute atomic E-state index is 0.104. The van der Waals surface area contributed by atoms with Gasteiger partial charge in [0.05, 0.1) is 7.11 Å². The summed E-state index contributed by atoms with van der Waals surface area (Å²) in [4.78, 5) is 41.6. The first-order valence-electron chi connectivity index (χ1n) is 11.5. The Balaban J connectivity index is 1.81. The Morgan fingerprint density at radius 2 is 1.90 bits per heavy atom. The zero-order valence-electron chi connectivity index (χ0n) is 20.3. The highest BCUT2D eigenvalue weighted by atomic mass is 28.4. The van der Waals surface area contributed by atoms with Crippen LogP contribution in [0.25, 0.3) is 0 Å². The molecule has 1 aliphatic carbocycles. The van der Waals surface area contributed by atoms with Crippen molar-refractivity contribution < 1.29 is 23.5 Å². The number of ketones is 1. The maximum Gasteiger partial charge on any atom is 0.322 e. The molecule has 2 saturated heterocycles. The van der Waals surface area contributed by atoms with Gasteiger partial charge >= 0.3 is 5.97 Å². The molecule has 0 spiro atoms. The fraction of sp³-hybridized carbons (Fsp3) is 0.792. The number of piperidine rings is 1. The fourth-order valence-electron chi connectivity index (χ4n) is 5.69. The molecule has 1 saturated carbocycles. The average Bonchev–Trinajstić information content (AvgIpc) is 2.85. The molecule has 31 heavy (non-hydrogen) atoms. The van der Waals surface area contributed by atoms with Gasteiger partial charge in [-0.15, -0.1) is 0 Å². The third-order valence-electron chi connectivity index (χ3n) is 8.72. The number of methoxy groups -OCH3 is 1. The molecule has 0 aromatic heterocycles. The largest absolute Gasteiger partial charge is 0.468 e. The molecule has 2 unspecified atom stereocenters. The number of ether oxygens (including phenoxy) is 1. The van der Waals surface area contributed by atoms with Crippen molar-refractivity contribution in [3.63, 3.8) is 0 Å². The van der Waals surface area contributed by atoms with E-state index < -0.39 is 25.1 Å². The molecule has 3 aliphatic rings. The molecule has 2 heterocycles. The number of fused-ring (bicyclic) bond motifs is 1. The van der Waals surface area contributed by atoms with Gasteiger partial charge in [-0.05, 0) is 49.4 Å². The van der Waals surface area contributed by atoms with Crippen LogP contribution in [0.15, 0.2) is 12.2 Å². The number of Topliss-reactive ketones (excluding diaryl/α,β-unsaturated/α-hetero) is 1. The summed E-state index contributed by atoms with van der Waals surface area (Å²) >= 11 is 0. The number of rotatable bonds is 7. The van der Waals surface area contributed by atoms with Crippen LogP contribution in [-0.2, 0) is 23.5 Å². The third kappa shape index (κ3) is 3.52. The Kier molecular flexibility index (Phi) is 6.11. The summed E-state index contributed by atoms with van der Waals surface area (Å²) in [6.07, 6.45) is 2.62. The van der Waals surface area contributed by atoms with Crippen molar-refractivity contribution in [3.8, 4) is 0 Å². The Morgan fingerprint density at radius 1 is 1.26 bits per heavy atom. The number of esters is 1. The lowest BCUT2D eigenvalue weighted by atomic mass is 9.54. The number of hydrogen-bond donors (Lipinski definition) is 0. The molecule has 7 heteroatoms. The number of nitrogens with zero attached hydrogens (tertiary/aromatic N) is 1. The topological polar surface area (TPSA) is 72.9 Å². The van der Waals surface area contributed by atoms with E-state index in [1.165, 1.54) is 7.11 Å². The SMILES string of the molecule is C=C1CN2C(=O)[C@](CCCCO[Si](C)(C)C(C)(C)C)(C(=O)OC)[C@@]3(C)CC(=O)C1CC23. The minimum Gasteiger partial charge on any atom is -0.468 e. The van der Waals surface area contributed by atoms with Crippen molar-refractivity contribution in [3.05, 3.63) is 12.2 Å². The second-order valence-corrected chi connectivity index (χ2v) is 16.2.